The van der Waals surface area contributed by atoms with Crippen LogP contribution in [0.1, 0.15) is 70.8 Å². The summed E-state index contributed by atoms with van der Waals surface area (Å²) in [6, 6.07) is 11.3. The van der Waals surface area contributed by atoms with Gasteiger partial charge in [0.15, 0.2) is 5.76 Å². The third-order valence-corrected chi connectivity index (χ3v) is 5.18. The summed E-state index contributed by atoms with van der Waals surface area (Å²) in [7, 11) is 1.53. The molecule has 0 saturated heterocycles. The molecule has 27 heavy (non-hydrogen) atoms. The average Bonchev–Trinajstić information content (AvgIpc) is 3.15. The van der Waals surface area contributed by atoms with Crippen LogP contribution in [0.4, 0.5) is 0 Å². The van der Waals surface area contributed by atoms with Gasteiger partial charge in [0.05, 0.1) is 11.7 Å². The lowest BCUT2D eigenvalue weighted by Crippen LogP contribution is -2.38. The summed E-state index contributed by atoms with van der Waals surface area (Å²) < 4.78 is 5.80. The van der Waals surface area contributed by atoms with Gasteiger partial charge in [-0.25, -0.2) is 0 Å². The van der Waals surface area contributed by atoms with Crippen molar-refractivity contribution in [1.82, 2.24) is 10.6 Å². The van der Waals surface area contributed by atoms with Crippen LogP contribution in [0.15, 0.2) is 40.8 Å². The lowest BCUT2D eigenvalue weighted by molar-refractivity contribution is 0.0864. The zero-order valence-electron chi connectivity index (χ0n) is 15.7. The Hall–Kier alpha value is -2.60. The number of benzene rings is 1. The van der Waals surface area contributed by atoms with Crippen molar-refractivity contribution in [3.8, 4) is 0 Å². The molecule has 144 valence electrons. The molecule has 6 heteroatoms. The van der Waals surface area contributed by atoms with Gasteiger partial charge in [0.1, 0.15) is 5.76 Å². The van der Waals surface area contributed by atoms with Gasteiger partial charge < -0.3 is 20.2 Å². The van der Waals surface area contributed by atoms with E-state index in [-0.39, 0.29) is 35.6 Å². The molecule has 6 nitrogen and oxygen atoms in total. The second-order valence-electron chi connectivity index (χ2n) is 7.08. The molecule has 1 unspecified atom stereocenters. The topological polar surface area (TPSA) is 91.6 Å². The third-order valence-electron chi connectivity index (χ3n) is 5.18. The maximum atomic E-state index is 12.9. The molecule has 0 spiro atoms. The molecule has 2 aromatic rings. The van der Waals surface area contributed by atoms with Gasteiger partial charge in [0, 0.05) is 25.1 Å². The standard InChI is InChI=1S/C21H26N2O4/c1-13(14-6-4-3-5-7-14)19-17(12-18(27-19)21(26)22-2)20(25)23-15-8-10-16(24)11-9-15/h3-7,12-13,15-16,24H,8-11H2,1-2H3,(H,22,26)(H,23,25). The maximum absolute atomic E-state index is 12.9. The minimum Gasteiger partial charge on any atom is -0.454 e. The van der Waals surface area contributed by atoms with Gasteiger partial charge in [-0.3, -0.25) is 9.59 Å². The van der Waals surface area contributed by atoms with Crippen LogP contribution in [-0.2, 0) is 0 Å². The summed E-state index contributed by atoms with van der Waals surface area (Å²) in [6.45, 7) is 1.95. The zero-order chi connectivity index (χ0) is 19.4. The first-order chi connectivity index (χ1) is 13.0. The normalized spacial score (nSPS) is 20.7. The minimum atomic E-state index is -0.364. The number of aliphatic hydroxyl groups excluding tert-OH is 1. The number of hydrogen-bond donors (Lipinski definition) is 3. The number of amides is 2. The smallest absolute Gasteiger partial charge is 0.286 e. The van der Waals surface area contributed by atoms with E-state index in [1.807, 2.05) is 37.3 Å². The van der Waals surface area contributed by atoms with E-state index >= 15 is 0 Å². The highest BCUT2D eigenvalue weighted by Gasteiger charge is 2.28. The van der Waals surface area contributed by atoms with E-state index in [4.69, 9.17) is 4.42 Å². The van der Waals surface area contributed by atoms with E-state index < -0.39 is 0 Å². The monoisotopic (exact) mass is 370 g/mol. The first-order valence-corrected chi connectivity index (χ1v) is 9.39. The molecule has 1 aliphatic carbocycles. The Morgan fingerprint density at radius 2 is 1.78 bits per heavy atom. The van der Waals surface area contributed by atoms with Gasteiger partial charge in [-0.2, -0.15) is 0 Å². The Bertz CT molecular complexity index is 792. The van der Waals surface area contributed by atoms with E-state index in [9.17, 15) is 14.7 Å². The van der Waals surface area contributed by atoms with Crippen LogP contribution in [0.3, 0.4) is 0 Å². The second kappa shape index (κ2) is 8.39. The van der Waals surface area contributed by atoms with Crippen molar-refractivity contribution in [3.63, 3.8) is 0 Å². The number of hydrogen-bond acceptors (Lipinski definition) is 4. The van der Waals surface area contributed by atoms with Gasteiger partial charge in [0.25, 0.3) is 11.8 Å². The van der Waals surface area contributed by atoms with E-state index in [0.717, 1.165) is 18.4 Å². The van der Waals surface area contributed by atoms with Crippen molar-refractivity contribution in [3.05, 3.63) is 59.0 Å². The largest absolute Gasteiger partial charge is 0.454 e. The van der Waals surface area contributed by atoms with Crippen molar-refractivity contribution in [2.45, 2.75) is 50.7 Å². The number of aliphatic hydroxyl groups is 1. The Balaban J connectivity index is 1.87. The quantitative estimate of drug-likeness (QED) is 0.755. The predicted molar refractivity (Wildman–Crippen MR) is 102 cm³/mol. The summed E-state index contributed by atoms with van der Waals surface area (Å²) >= 11 is 0. The molecule has 1 fully saturated rings. The fraction of sp³-hybridized carbons (Fsp3) is 0.429. The molecule has 2 amide bonds. The lowest BCUT2D eigenvalue weighted by Gasteiger charge is -2.26. The van der Waals surface area contributed by atoms with Crippen LogP contribution in [-0.4, -0.2) is 36.1 Å². The molecule has 1 atom stereocenters. The van der Waals surface area contributed by atoms with Crippen molar-refractivity contribution < 1.29 is 19.1 Å². The fourth-order valence-electron chi connectivity index (χ4n) is 3.52. The van der Waals surface area contributed by atoms with Crippen molar-refractivity contribution in [2.24, 2.45) is 0 Å². The van der Waals surface area contributed by atoms with Crippen LogP contribution in [0, 0.1) is 0 Å². The molecule has 1 heterocycles. The lowest BCUT2D eigenvalue weighted by atomic mass is 9.92. The molecular formula is C21H26N2O4. The van der Waals surface area contributed by atoms with Gasteiger partial charge in [-0.05, 0) is 31.2 Å². The minimum absolute atomic E-state index is 0.0270. The molecule has 1 aromatic heterocycles. The second-order valence-corrected chi connectivity index (χ2v) is 7.08. The summed E-state index contributed by atoms with van der Waals surface area (Å²) in [5.74, 6) is -0.171. The fourth-order valence-corrected chi connectivity index (χ4v) is 3.52. The number of carbonyl (C=O) groups is 2. The van der Waals surface area contributed by atoms with Crippen LogP contribution in [0.2, 0.25) is 0 Å². The Morgan fingerprint density at radius 1 is 1.11 bits per heavy atom. The predicted octanol–water partition coefficient (Wildman–Crippen LogP) is 2.82. The summed E-state index contributed by atoms with van der Waals surface area (Å²) in [4.78, 5) is 24.9. The molecule has 1 saturated carbocycles. The number of rotatable bonds is 5. The van der Waals surface area contributed by atoms with E-state index in [0.29, 0.717) is 24.2 Å². The summed E-state index contributed by atoms with van der Waals surface area (Å²) in [5, 5.41) is 15.2. The van der Waals surface area contributed by atoms with Crippen LogP contribution in [0.25, 0.3) is 0 Å². The molecule has 3 N–H and O–H groups in total. The summed E-state index contributed by atoms with van der Waals surface area (Å²) in [6.07, 6.45) is 2.59. The highest BCUT2D eigenvalue weighted by atomic mass is 16.4. The van der Waals surface area contributed by atoms with Crippen LogP contribution < -0.4 is 10.6 Å². The first-order valence-electron chi connectivity index (χ1n) is 9.39. The van der Waals surface area contributed by atoms with Gasteiger partial charge in [-0.15, -0.1) is 0 Å². The van der Waals surface area contributed by atoms with Crippen molar-refractivity contribution in [2.75, 3.05) is 7.05 Å². The van der Waals surface area contributed by atoms with Crippen molar-refractivity contribution >= 4 is 11.8 Å². The molecular weight excluding hydrogens is 344 g/mol. The molecule has 0 bridgehead atoms. The number of carbonyl (C=O) groups excluding carboxylic acids is 2. The Morgan fingerprint density at radius 3 is 2.41 bits per heavy atom. The highest BCUT2D eigenvalue weighted by molar-refractivity contribution is 5.99. The van der Waals surface area contributed by atoms with E-state index in [1.165, 1.54) is 13.1 Å². The average molecular weight is 370 g/mol. The molecule has 0 radical (unpaired) electrons. The zero-order valence-corrected chi connectivity index (χ0v) is 15.7. The SMILES string of the molecule is CNC(=O)c1cc(C(=O)NC2CCC(O)CC2)c(C(C)c2ccccc2)o1. The van der Waals surface area contributed by atoms with Gasteiger partial charge in [0.2, 0.25) is 0 Å². The van der Waals surface area contributed by atoms with E-state index in [1.54, 1.807) is 0 Å². The van der Waals surface area contributed by atoms with Crippen LogP contribution >= 0.6 is 0 Å². The maximum Gasteiger partial charge on any atom is 0.286 e. The molecule has 1 aliphatic rings. The molecule has 0 aliphatic heterocycles. The highest BCUT2D eigenvalue weighted by Crippen LogP contribution is 2.30. The van der Waals surface area contributed by atoms with Gasteiger partial charge >= 0.3 is 0 Å². The summed E-state index contributed by atoms with van der Waals surface area (Å²) in [5.41, 5.74) is 1.39. The van der Waals surface area contributed by atoms with Crippen LogP contribution in [0.5, 0.6) is 0 Å². The number of nitrogens with one attached hydrogen (secondary N) is 2. The Kier molecular flexibility index (Phi) is 5.96. The first kappa shape index (κ1) is 19.2. The molecule has 1 aromatic carbocycles. The Labute approximate surface area is 159 Å². The van der Waals surface area contributed by atoms with E-state index in [2.05, 4.69) is 10.6 Å². The van der Waals surface area contributed by atoms with Crippen molar-refractivity contribution in [1.29, 1.82) is 0 Å². The number of furan rings is 1. The molecule has 3 rings (SSSR count). The third kappa shape index (κ3) is 4.39. The van der Waals surface area contributed by atoms with Gasteiger partial charge in [-0.1, -0.05) is 37.3 Å².